The van der Waals surface area contributed by atoms with E-state index in [2.05, 4.69) is 15.3 Å². The van der Waals surface area contributed by atoms with Crippen LogP contribution in [0.25, 0.3) is 16.9 Å². The van der Waals surface area contributed by atoms with Gasteiger partial charge in [0.15, 0.2) is 5.65 Å². The van der Waals surface area contributed by atoms with E-state index in [1.807, 2.05) is 47.7 Å². The number of benzene rings is 2. The van der Waals surface area contributed by atoms with E-state index in [4.69, 9.17) is 11.6 Å². The fourth-order valence-electron chi connectivity index (χ4n) is 3.34. The van der Waals surface area contributed by atoms with Gasteiger partial charge in [0.2, 0.25) is 5.91 Å². The molecule has 4 rings (SSSR count). The summed E-state index contributed by atoms with van der Waals surface area (Å²) in [6.07, 6.45) is 5.01. The smallest absolute Gasteiger partial charge is 0.278 e. The largest absolute Gasteiger partial charge is 0.326 e. The van der Waals surface area contributed by atoms with Gasteiger partial charge < -0.3 is 10.2 Å². The van der Waals surface area contributed by atoms with Crippen molar-refractivity contribution in [1.29, 1.82) is 0 Å². The monoisotopic (exact) mass is 433 g/mol. The SMILES string of the molecule is CCN(C(=O)c1cn2c(-c3ccc(NC(C)=O)cc3)cnc2cn1)c1ccc(Cl)cc1. The number of hydrogen-bond donors (Lipinski definition) is 1. The number of nitrogens with one attached hydrogen (secondary N) is 1. The summed E-state index contributed by atoms with van der Waals surface area (Å²) in [5, 5.41) is 3.36. The number of carbonyl (C=O) groups is 2. The molecule has 0 unspecified atom stereocenters. The third-order valence-electron chi connectivity index (χ3n) is 4.82. The van der Waals surface area contributed by atoms with Crippen LogP contribution in [0.1, 0.15) is 24.3 Å². The molecule has 2 amide bonds. The molecule has 2 heterocycles. The first kappa shape index (κ1) is 20.6. The van der Waals surface area contributed by atoms with Gasteiger partial charge in [0.1, 0.15) is 5.69 Å². The maximum atomic E-state index is 13.2. The van der Waals surface area contributed by atoms with Crippen molar-refractivity contribution in [2.24, 2.45) is 0 Å². The van der Waals surface area contributed by atoms with Crippen LogP contribution < -0.4 is 10.2 Å². The van der Waals surface area contributed by atoms with Gasteiger partial charge in [0.25, 0.3) is 5.91 Å². The number of anilines is 2. The van der Waals surface area contributed by atoms with Crippen LogP contribution in [-0.2, 0) is 4.79 Å². The zero-order chi connectivity index (χ0) is 22.0. The van der Waals surface area contributed by atoms with Gasteiger partial charge in [-0.3, -0.25) is 14.0 Å². The van der Waals surface area contributed by atoms with Crippen molar-refractivity contribution in [3.8, 4) is 11.3 Å². The van der Waals surface area contributed by atoms with Crippen LogP contribution in [0.2, 0.25) is 5.02 Å². The predicted octanol–water partition coefficient (Wildman–Crippen LogP) is 4.67. The van der Waals surface area contributed by atoms with E-state index in [1.165, 1.54) is 6.92 Å². The molecule has 0 spiro atoms. The molecule has 156 valence electrons. The van der Waals surface area contributed by atoms with E-state index in [9.17, 15) is 9.59 Å². The van der Waals surface area contributed by atoms with Crippen molar-refractivity contribution < 1.29 is 9.59 Å². The number of aromatic nitrogens is 3. The highest BCUT2D eigenvalue weighted by molar-refractivity contribution is 6.30. The molecule has 0 bridgehead atoms. The Bertz CT molecular complexity index is 1250. The number of carbonyl (C=O) groups excluding carboxylic acids is 2. The third-order valence-corrected chi connectivity index (χ3v) is 5.07. The molecule has 0 atom stereocenters. The summed E-state index contributed by atoms with van der Waals surface area (Å²) in [7, 11) is 0. The molecule has 7 nitrogen and oxygen atoms in total. The summed E-state index contributed by atoms with van der Waals surface area (Å²) in [5.74, 6) is -0.342. The number of imidazole rings is 1. The average molecular weight is 434 g/mol. The first-order valence-corrected chi connectivity index (χ1v) is 10.1. The molecule has 31 heavy (non-hydrogen) atoms. The van der Waals surface area contributed by atoms with Crippen molar-refractivity contribution in [3.05, 3.63) is 77.8 Å². The molecule has 0 saturated heterocycles. The summed E-state index contributed by atoms with van der Waals surface area (Å²) >= 11 is 5.97. The Kier molecular flexibility index (Phi) is 5.68. The normalized spacial score (nSPS) is 10.8. The summed E-state index contributed by atoms with van der Waals surface area (Å²) in [6, 6.07) is 14.5. The molecular weight excluding hydrogens is 414 g/mol. The van der Waals surface area contributed by atoms with Crippen molar-refractivity contribution in [1.82, 2.24) is 14.4 Å². The van der Waals surface area contributed by atoms with Gasteiger partial charge in [-0.2, -0.15) is 0 Å². The first-order valence-electron chi connectivity index (χ1n) is 9.75. The van der Waals surface area contributed by atoms with E-state index in [0.29, 0.717) is 28.6 Å². The lowest BCUT2D eigenvalue weighted by atomic mass is 10.1. The maximum Gasteiger partial charge on any atom is 0.278 e. The Labute approximate surface area is 184 Å². The zero-order valence-electron chi connectivity index (χ0n) is 17.0. The van der Waals surface area contributed by atoms with Crippen molar-refractivity contribution in [2.75, 3.05) is 16.8 Å². The van der Waals surface area contributed by atoms with E-state index in [0.717, 1.165) is 16.9 Å². The molecule has 0 aliphatic carbocycles. The van der Waals surface area contributed by atoms with Gasteiger partial charge >= 0.3 is 0 Å². The quantitative estimate of drug-likeness (QED) is 0.495. The van der Waals surface area contributed by atoms with Crippen LogP contribution in [0.5, 0.6) is 0 Å². The van der Waals surface area contributed by atoms with Gasteiger partial charge in [0, 0.05) is 41.6 Å². The van der Waals surface area contributed by atoms with Gasteiger partial charge in [-0.15, -0.1) is 0 Å². The second kappa shape index (κ2) is 8.57. The number of fused-ring (bicyclic) bond motifs is 1. The van der Waals surface area contributed by atoms with E-state index in [-0.39, 0.29) is 11.8 Å². The average Bonchev–Trinajstić information content (AvgIpc) is 3.19. The summed E-state index contributed by atoms with van der Waals surface area (Å²) < 4.78 is 1.84. The van der Waals surface area contributed by atoms with Gasteiger partial charge in [-0.25, -0.2) is 9.97 Å². The maximum absolute atomic E-state index is 13.2. The Morgan fingerprint density at radius 3 is 2.39 bits per heavy atom. The minimum atomic E-state index is -0.215. The van der Waals surface area contributed by atoms with E-state index < -0.39 is 0 Å². The Morgan fingerprint density at radius 2 is 1.74 bits per heavy atom. The third kappa shape index (κ3) is 4.27. The molecule has 2 aromatic heterocycles. The summed E-state index contributed by atoms with van der Waals surface area (Å²) in [4.78, 5) is 34.8. The molecule has 4 aromatic rings. The topological polar surface area (TPSA) is 79.6 Å². The lowest BCUT2D eigenvalue weighted by Crippen LogP contribution is -2.31. The van der Waals surface area contributed by atoms with Crippen molar-refractivity contribution in [3.63, 3.8) is 0 Å². The second-order valence-electron chi connectivity index (χ2n) is 6.93. The minimum Gasteiger partial charge on any atom is -0.326 e. The lowest BCUT2D eigenvalue weighted by Gasteiger charge is -2.20. The molecule has 0 fully saturated rings. The molecule has 0 aliphatic heterocycles. The second-order valence-corrected chi connectivity index (χ2v) is 7.36. The first-order chi connectivity index (χ1) is 15.0. The standard InChI is InChI=1S/C23H20ClN5O2/c1-3-28(19-10-6-17(24)7-11-19)23(31)20-14-29-21(12-26-22(29)13-25-20)16-4-8-18(9-5-16)27-15(2)30/h4-14H,3H2,1-2H3,(H,27,30). The molecule has 0 aliphatic rings. The zero-order valence-corrected chi connectivity index (χ0v) is 17.8. The van der Waals surface area contributed by atoms with Crippen LogP contribution in [0, 0.1) is 0 Å². The van der Waals surface area contributed by atoms with Crippen molar-refractivity contribution in [2.45, 2.75) is 13.8 Å². The van der Waals surface area contributed by atoms with Crippen LogP contribution in [-0.4, -0.2) is 32.7 Å². The van der Waals surface area contributed by atoms with Crippen molar-refractivity contribution >= 4 is 40.4 Å². The number of halogens is 1. The fourth-order valence-corrected chi connectivity index (χ4v) is 3.47. The van der Waals surface area contributed by atoms with E-state index in [1.54, 1.807) is 35.6 Å². The molecule has 0 radical (unpaired) electrons. The Balaban J connectivity index is 1.68. The van der Waals surface area contributed by atoms with Crippen LogP contribution in [0.15, 0.2) is 67.1 Å². The molecule has 2 aromatic carbocycles. The highest BCUT2D eigenvalue weighted by atomic mass is 35.5. The number of amides is 2. The van der Waals surface area contributed by atoms with Crippen LogP contribution >= 0.6 is 11.6 Å². The summed E-state index contributed by atoms with van der Waals surface area (Å²) in [6.45, 7) is 3.86. The predicted molar refractivity (Wildman–Crippen MR) is 122 cm³/mol. The molecule has 1 N–H and O–H groups in total. The summed E-state index contributed by atoms with van der Waals surface area (Å²) in [5.41, 5.74) is 4.11. The number of rotatable bonds is 5. The van der Waals surface area contributed by atoms with Gasteiger partial charge in [-0.05, 0) is 43.3 Å². The Hall–Kier alpha value is -3.71. The fraction of sp³-hybridized carbons (Fsp3) is 0.130. The lowest BCUT2D eigenvalue weighted by molar-refractivity contribution is -0.114. The number of nitrogens with zero attached hydrogens (tertiary/aromatic N) is 4. The molecular formula is C23H20ClN5O2. The molecule has 8 heteroatoms. The highest BCUT2D eigenvalue weighted by Crippen LogP contribution is 2.24. The van der Waals surface area contributed by atoms with Gasteiger partial charge in [-0.1, -0.05) is 23.7 Å². The minimum absolute atomic E-state index is 0.127. The van der Waals surface area contributed by atoms with E-state index >= 15 is 0 Å². The van der Waals surface area contributed by atoms with Crippen LogP contribution in [0.3, 0.4) is 0 Å². The Morgan fingerprint density at radius 1 is 1.03 bits per heavy atom. The van der Waals surface area contributed by atoms with Gasteiger partial charge in [0.05, 0.1) is 18.1 Å². The number of hydrogen-bond acceptors (Lipinski definition) is 4. The van der Waals surface area contributed by atoms with Crippen LogP contribution in [0.4, 0.5) is 11.4 Å². The highest BCUT2D eigenvalue weighted by Gasteiger charge is 2.19. The molecule has 0 saturated carbocycles.